The monoisotopic (exact) mass is 398 g/mol. The Labute approximate surface area is 168 Å². The number of rotatable bonds is 2. The van der Waals surface area contributed by atoms with Crippen LogP contribution in [0.15, 0.2) is 70.5 Å². The largest absolute Gasteiger partial charge is 1.00 e. The second-order valence-corrected chi connectivity index (χ2v) is 6.85. The zero-order valence-corrected chi connectivity index (χ0v) is 17.1. The van der Waals surface area contributed by atoms with Crippen LogP contribution in [0.5, 0.6) is 0 Å². The third kappa shape index (κ3) is 13.7. The van der Waals surface area contributed by atoms with E-state index < -0.39 is 26.2 Å². The summed E-state index contributed by atoms with van der Waals surface area (Å²) in [6, 6.07) is 14.4. The molecule has 132 valence electrons. The average molecular weight is 398 g/mol. The maximum atomic E-state index is 10.3. The Morgan fingerprint density at radius 3 is 1.08 bits per heavy atom. The van der Waals surface area contributed by atoms with E-state index in [1.165, 1.54) is 55.5 Å². The topological polar surface area (TPSA) is 154 Å². The van der Waals surface area contributed by atoms with Crippen molar-refractivity contribution in [2.24, 2.45) is 0 Å². The van der Waals surface area contributed by atoms with Crippen molar-refractivity contribution in [2.45, 2.75) is 16.7 Å². The van der Waals surface area contributed by atoms with E-state index >= 15 is 0 Å². The van der Waals surface area contributed by atoms with Gasteiger partial charge in [0.1, 0.15) is 20.2 Å². The van der Waals surface area contributed by atoms with Crippen molar-refractivity contribution < 1.29 is 65.4 Å². The van der Waals surface area contributed by atoms with Crippen LogP contribution in [-0.2, 0) is 25.0 Å². The van der Waals surface area contributed by atoms with Crippen LogP contribution < -0.4 is 29.6 Å². The minimum absolute atomic E-state index is 0. The van der Waals surface area contributed by atoms with Crippen LogP contribution in [0.3, 0.4) is 0 Å². The molecule has 0 fully saturated rings. The molecule has 0 aliphatic heterocycles. The molecule has 0 aliphatic rings. The number of hydrogen-bond donors (Lipinski definition) is 0. The van der Waals surface area contributed by atoms with Gasteiger partial charge >= 0.3 is 35.5 Å². The molecule has 0 radical (unpaired) electrons. The van der Waals surface area contributed by atoms with Gasteiger partial charge in [-0.2, -0.15) is 0 Å². The van der Waals surface area contributed by atoms with Gasteiger partial charge in [0, 0.05) is 4.79 Å². The van der Waals surface area contributed by atoms with Crippen molar-refractivity contribution >= 4 is 26.2 Å². The molecule has 8 nitrogen and oxygen atoms in total. The maximum absolute atomic E-state index is 10.3. The van der Waals surface area contributed by atoms with Gasteiger partial charge < -0.3 is 14.2 Å². The van der Waals surface area contributed by atoms with Crippen LogP contribution in [0.25, 0.3) is 0 Å². The number of benzene rings is 2. The second-order valence-electron chi connectivity index (χ2n) is 4.09. The van der Waals surface area contributed by atoms with Crippen molar-refractivity contribution in [3.63, 3.8) is 0 Å². The molecule has 0 aliphatic carbocycles. The van der Waals surface area contributed by atoms with E-state index in [1.807, 2.05) is 0 Å². The van der Waals surface area contributed by atoms with Crippen LogP contribution in [0.2, 0.25) is 0 Å². The summed E-state index contributed by atoms with van der Waals surface area (Å²) in [5, 5.41) is 5.94. The minimum Gasteiger partial charge on any atom is -0.744 e. The fourth-order valence-electron chi connectivity index (χ4n) is 1.17. The molecule has 2 aromatic rings. The van der Waals surface area contributed by atoms with Gasteiger partial charge in [0.15, 0.2) is 0 Å². The molecule has 2 rings (SSSR count). The average Bonchev–Trinajstić information content (AvgIpc) is 2.47. The first-order chi connectivity index (χ1) is 10.9. The molecule has 0 atom stereocenters. The zero-order chi connectivity index (χ0) is 18.8. The quantitative estimate of drug-likeness (QED) is 0.306. The number of carbonyl (C=O) groups excluding carboxylic acids is 1. The van der Waals surface area contributed by atoms with E-state index in [4.69, 9.17) is 9.90 Å². The first-order valence-electron chi connectivity index (χ1n) is 6.18. The Hall–Kier alpha value is -1.27. The molecule has 0 aromatic heterocycles. The summed E-state index contributed by atoms with van der Waals surface area (Å²) in [5.41, 5.74) is 0. The van der Waals surface area contributed by atoms with Gasteiger partial charge in [-0.1, -0.05) is 36.4 Å². The fraction of sp³-hybridized carbons (Fsp3) is 0.0714. The van der Waals surface area contributed by atoms with Gasteiger partial charge in [-0.05, 0) is 24.3 Å². The molecule has 0 bridgehead atoms. The summed E-state index contributed by atoms with van der Waals surface area (Å²) >= 11 is 0. The van der Waals surface area contributed by atoms with E-state index in [1.54, 1.807) is 12.1 Å². The van der Waals surface area contributed by atoms with Crippen LogP contribution >= 0.6 is 0 Å². The summed E-state index contributed by atoms with van der Waals surface area (Å²) in [7, 11) is -8.51. The van der Waals surface area contributed by atoms with Crippen molar-refractivity contribution in [1.82, 2.24) is 0 Å². The molecule has 2 N–H and O–H groups in total. The minimum atomic E-state index is -4.25. The smallest absolute Gasteiger partial charge is 0.744 e. The van der Waals surface area contributed by atoms with E-state index in [0.717, 1.165) is 0 Å². The molecule has 11 heteroatoms. The van der Waals surface area contributed by atoms with Crippen molar-refractivity contribution in [3.8, 4) is 0 Å². The number of carbonyl (C=O) groups is 1. The van der Waals surface area contributed by atoms with Crippen LogP contribution in [-0.4, -0.2) is 37.0 Å². The van der Waals surface area contributed by atoms with Crippen LogP contribution in [0.4, 0.5) is 0 Å². The summed E-state index contributed by atoms with van der Waals surface area (Å²) in [5.74, 6) is -0.583. The molecular formula is C14H15NaO8S2. The van der Waals surface area contributed by atoms with Crippen molar-refractivity contribution in [1.29, 1.82) is 0 Å². The van der Waals surface area contributed by atoms with E-state index in [9.17, 15) is 25.9 Å². The molecule has 0 saturated heterocycles. The Balaban J connectivity index is 0. The normalized spacial score (nSPS) is 10.0. The molecule has 0 amide bonds. The summed E-state index contributed by atoms with van der Waals surface area (Å²) in [6.07, 6.45) is 0. The van der Waals surface area contributed by atoms with Gasteiger partial charge in [0.2, 0.25) is 0 Å². The van der Waals surface area contributed by atoms with E-state index in [2.05, 4.69) is 0 Å². The van der Waals surface area contributed by atoms with E-state index in [-0.39, 0.29) is 39.3 Å². The van der Waals surface area contributed by atoms with Gasteiger partial charge in [0.05, 0.1) is 16.7 Å². The molecular weight excluding hydrogens is 383 g/mol. The van der Waals surface area contributed by atoms with E-state index in [0.29, 0.717) is 0 Å². The summed E-state index contributed by atoms with van der Waals surface area (Å²) in [4.78, 5) is 8.74. The summed E-state index contributed by atoms with van der Waals surface area (Å²) in [6.45, 7) is 1.19. The molecule has 25 heavy (non-hydrogen) atoms. The first-order valence-corrected chi connectivity index (χ1v) is 9.00. The third-order valence-electron chi connectivity index (χ3n) is 2.06. The van der Waals surface area contributed by atoms with Gasteiger partial charge in [-0.3, -0.25) is 0 Å². The molecule has 0 unspecified atom stereocenters. The summed E-state index contributed by atoms with van der Waals surface area (Å²) < 4.78 is 61.7. The fourth-order valence-corrected chi connectivity index (χ4v) is 2.16. The molecule has 0 spiro atoms. The van der Waals surface area contributed by atoms with Crippen molar-refractivity contribution in [3.05, 3.63) is 60.7 Å². The zero-order valence-electron chi connectivity index (χ0n) is 13.4. The van der Waals surface area contributed by atoms with Gasteiger partial charge in [-0.15, -0.1) is 0 Å². The van der Waals surface area contributed by atoms with Crippen LogP contribution in [0, 0.1) is 0 Å². The maximum Gasteiger partial charge on any atom is 1.00 e. The predicted octanol–water partition coefficient (Wildman–Crippen LogP) is -2.56. The van der Waals surface area contributed by atoms with Crippen molar-refractivity contribution in [2.75, 3.05) is 0 Å². The molecule has 0 saturated carbocycles. The predicted molar refractivity (Wildman–Crippen MR) is 83.1 cm³/mol. The van der Waals surface area contributed by atoms with Gasteiger partial charge in [0.25, 0.3) is 0 Å². The number of hydrogen-bond acceptors (Lipinski definition) is 7. The van der Waals surface area contributed by atoms with Gasteiger partial charge in [-0.25, -0.2) is 16.8 Å². The second kappa shape index (κ2) is 12.1. The van der Waals surface area contributed by atoms with Crippen LogP contribution in [0.1, 0.15) is 6.92 Å². The Morgan fingerprint density at radius 2 is 0.960 bits per heavy atom. The standard InChI is InChI=1S/2C6H6O3S.C2H4O2.Na/c2*7-10(8,9)6-4-2-1-3-5-6;1-2(3)4;/h2*1-5H,(H,7,8,9);1H3,(H,3,4);/q;;;+1/p-1. The Kier molecular flexibility index (Phi) is 12.6. The Morgan fingerprint density at radius 1 is 0.760 bits per heavy atom. The Bertz CT molecular complexity index is 763. The third-order valence-corrected chi connectivity index (χ3v) is 3.76. The molecule has 0 heterocycles. The molecule has 2 aromatic carbocycles. The first kappa shape index (κ1) is 26.0. The SMILES string of the molecule is CC(=O)[OH2+].O=S(=O)([O-])c1ccccc1.O=S(=O)([O-])c1ccccc1.[Na+].